The van der Waals surface area contributed by atoms with Crippen LogP contribution in [-0.4, -0.2) is 26.2 Å². The van der Waals surface area contributed by atoms with Gasteiger partial charge in [-0.2, -0.15) is 0 Å². The van der Waals surface area contributed by atoms with Crippen LogP contribution in [0.5, 0.6) is 0 Å². The maximum absolute atomic E-state index is 11.2. The molecule has 0 rings (SSSR count). The highest BCUT2D eigenvalue weighted by molar-refractivity contribution is 5.76. The third-order valence-electron chi connectivity index (χ3n) is 3.10. The van der Waals surface area contributed by atoms with Gasteiger partial charge in [0.15, 0.2) is 0 Å². The lowest BCUT2D eigenvalue weighted by Gasteiger charge is -2.26. The zero-order valence-electron chi connectivity index (χ0n) is 9.96. The molecular weight excluding hydrogens is 178 g/mol. The number of carbonyl (C=O) groups is 1. The van der Waals surface area contributed by atoms with Gasteiger partial charge in [0.25, 0.3) is 0 Å². The van der Waals surface area contributed by atoms with E-state index in [9.17, 15) is 4.79 Å². The van der Waals surface area contributed by atoms with Crippen molar-refractivity contribution in [1.29, 1.82) is 0 Å². The van der Waals surface area contributed by atoms with Crippen molar-refractivity contribution in [2.45, 2.75) is 39.7 Å². The molecule has 0 aromatic rings. The first-order chi connectivity index (χ1) is 6.56. The molecular formula is C11H23NO2. The molecule has 0 fully saturated rings. The van der Waals surface area contributed by atoms with E-state index < -0.39 is 0 Å². The van der Waals surface area contributed by atoms with Crippen LogP contribution in [0.25, 0.3) is 0 Å². The number of ether oxygens (including phenoxy) is 1. The Morgan fingerprint density at radius 1 is 1.43 bits per heavy atom. The van der Waals surface area contributed by atoms with Crippen molar-refractivity contribution in [2.24, 2.45) is 11.8 Å². The van der Waals surface area contributed by atoms with Crippen molar-refractivity contribution >= 4 is 5.91 Å². The molecule has 0 aromatic heterocycles. The largest absolute Gasteiger partial charge is 0.381 e. The fourth-order valence-corrected chi connectivity index (χ4v) is 1.51. The Kier molecular flexibility index (Phi) is 6.54. The molecule has 3 nitrogen and oxygen atoms in total. The van der Waals surface area contributed by atoms with E-state index in [1.807, 2.05) is 0 Å². The quantitative estimate of drug-likeness (QED) is 0.712. The van der Waals surface area contributed by atoms with E-state index in [1.54, 1.807) is 14.2 Å². The Hall–Kier alpha value is -0.570. The SMILES string of the molecule is CC[C@H](C)[C@H](C)[C@@H](CC(=O)NC)OC. The average molecular weight is 201 g/mol. The molecule has 0 aliphatic carbocycles. The minimum Gasteiger partial charge on any atom is -0.381 e. The summed E-state index contributed by atoms with van der Waals surface area (Å²) in [5.74, 6) is 1.05. The summed E-state index contributed by atoms with van der Waals surface area (Å²) in [6.07, 6.45) is 1.61. The molecule has 0 bridgehead atoms. The van der Waals surface area contributed by atoms with Crippen LogP contribution in [0.4, 0.5) is 0 Å². The minimum absolute atomic E-state index is 0.0323. The van der Waals surface area contributed by atoms with Crippen LogP contribution in [0.1, 0.15) is 33.6 Å². The predicted molar refractivity (Wildman–Crippen MR) is 58.1 cm³/mol. The zero-order chi connectivity index (χ0) is 11.1. The van der Waals surface area contributed by atoms with Gasteiger partial charge in [0.2, 0.25) is 5.91 Å². The zero-order valence-corrected chi connectivity index (χ0v) is 9.96. The molecule has 0 aliphatic rings. The standard InChI is InChI=1S/C11H23NO2/c1-6-8(2)9(3)10(14-5)7-11(13)12-4/h8-10H,6-7H2,1-5H3,(H,12,13)/t8-,9-,10+/m0/s1. The number of methoxy groups -OCH3 is 1. The van der Waals surface area contributed by atoms with Crippen LogP contribution in [0, 0.1) is 11.8 Å². The Morgan fingerprint density at radius 3 is 2.36 bits per heavy atom. The average Bonchev–Trinajstić information content (AvgIpc) is 2.23. The molecule has 0 radical (unpaired) electrons. The summed E-state index contributed by atoms with van der Waals surface area (Å²) >= 11 is 0. The van der Waals surface area contributed by atoms with Crippen LogP contribution in [0.15, 0.2) is 0 Å². The van der Waals surface area contributed by atoms with Gasteiger partial charge in [0, 0.05) is 14.2 Å². The summed E-state index contributed by atoms with van der Waals surface area (Å²) in [7, 11) is 3.33. The molecule has 0 saturated carbocycles. The van der Waals surface area contributed by atoms with Crippen molar-refractivity contribution in [3.8, 4) is 0 Å². The molecule has 3 atom stereocenters. The lowest BCUT2D eigenvalue weighted by atomic mass is 9.87. The second-order valence-corrected chi connectivity index (χ2v) is 3.90. The Bertz CT molecular complexity index is 171. The second kappa shape index (κ2) is 6.82. The minimum atomic E-state index is 0.0323. The number of hydrogen-bond donors (Lipinski definition) is 1. The smallest absolute Gasteiger partial charge is 0.222 e. The van der Waals surface area contributed by atoms with E-state index in [-0.39, 0.29) is 12.0 Å². The van der Waals surface area contributed by atoms with Gasteiger partial charge >= 0.3 is 0 Å². The predicted octanol–water partition coefficient (Wildman–Crippen LogP) is 1.82. The first kappa shape index (κ1) is 13.4. The van der Waals surface area contributed by atoms with Gasteiger partial charge in [0.1, 0.15) is 0 Å². The highest BCUT2D eigenvalue weighted by Gasteiger charge is 2.23. The Labute approximate surface area is 87.2 Å². The number of nitrogens with one attached hydrogen (secondary N) is 1. The summed E-state index contributed by atoms with van der Waals surface area (Å²) in [6.45, 7) is 6.50. The van der Waals surface area contributed by atoms with Gasteiger partial charge in [-0.05, 0) is 11.8 Å². The Balaban J connectivity index is 4.18. The maximum atomic E-state index is 11.2. The highest BCUT2D eigenvalue weighted by Crippen LogP contribution is 2.22. The summed E-state index contributed by atoms with van der Waals surface area (Å²) in [5, 5.41) is 2.62. The van der Waals surface area contributed by atoms with Crippen molar-refractivity contribution in [1.82, 2.24) is 5.32 Å². The number of amides is 1. The van der Waals surface area contributed by atoms with Gasteiger partial charge in [-0.1, -0.05) is 27.2 Å². The van der Waals surface area contributed by atoms with Crippen LogP contribution >= 0.6 is 0 Å². The van der Waals surface area contributed by atoms with E-state index in [1.165, 1.54) is 0 Å². The van der Waals surface area contributed by atoms with E-state index in [0.717, 1.165) is 6.42 Å². The Morgan fingerprint density at radius 2 is 2.00 bits per heavy atom. The van der Waals surface area contributed by atoms with Crippen molar-refractivity contribution in [3.63, 3.8) is 0 Å². The van der Waals surface area contributed by atoms with Gasteiger partial charge in [-0.3, -0.25) is 4.79 Å². The third kappa shape index (κ3) is 4.09. The molecule has 1 N–H and O–H groups in total. The van der Waals surface area contributed by atoms with Crippen LogP contribution in [0.2, 0.25) is 0 Å². The van der Waals surface area contributed by atoms with Crippen molar-refractivity contribution < 1.29 is 9.53 Å². The maximum Gasteiger partial charge on any atom is 0.222 e. The van der Waals surface area contributed by atoms with E-state index >= 15 is 0 Å². The number of hydrogen-bond acceptors (Lipinski definition) is 2. The molecule has 3 heteroatoms. The van der Waals surface area contributed by atoms with Gasteiger partial charge in [0.05, 0.1) is 12.5 Å². The van der Waals surface area contributed by atoms with Crippen LogP contribution in [0.3, 0.4) is 0 Å². The van der Waals surface area contributed by atoms with Gasteiger partial charge < -0.3 is 10.1 Å². The van der Waals surface area contributed by atoms with Crippen LogP contribution in [-0.2, 0) is 9.53 Å². The second-order valence-electron chi connectivity index (χ2n) is 3.90. The van der Waals surface area contributed by atoms with Crippen molar-refractivity contribution in [3.05, 3.63) is 0 Å². The van der Waals surface area contributed by atoms with Crippen LogP contribution < -0.4 is 5.32 Å². The first-order valence-corrected chi connectivity index (χ1v) is 5.30. The van der Waals surface area contributed by atoms with E-state index in [4.69, 9.17) is 4.74 Å². The lowest BCUT2D eigenvalue weighted by molar-refractivity contribution is -0.124. The van der Waals surface area contributed by atoms with Gasteiger partial charge in [-0.15, -0.1) is 0 Å². The summed E-state index contributed by atoms with van der Waals surface area (Å²) < 4.78 is 5.35. The monoisotopic (exact) mass is 201 g/mol. The fraction of sp³-hybridized carbons (Fsp3) is 0.909. The molecule has 0 heterocycles. The van der Waals surface area contributed by atoms with Gasteiger partial charge in [-0.25, -0.2) is 0 Å². The van der Waals surface area contributed by atoms with E-state index in [0.29, 0.717) is 18.3 Å². The fourth-order valence-electron chi connectivity index (χ4n) is 1.51. The summed E-state index contributed by atoms with van der Waals surface area (Å²) in [4.78, 5) is 11.2. The summed E-state index contributed by atoms with van der Waals surface area (Å²) in [6, 6.07) is 0. The number of rotatable bonds is 6. The molecule has 0 aromatic carbocycles. The van der Waals surface area contributed by atoms with Crippen molar-refractivity contribution in [2.75, 3.05) is 14.2 Å². The first-order valence-electron chi connectivity index (χ1n) is 5.30. The molecule has 0 aliphatic heterocycles. The molecule has 1 amide bonds. The number of carbonyl (C=O) groups excluding carboxylic acids is 1. The normalized spacial score (nSPS) is 17.2. The lowest BCUT2D eigenvalue weighted by Crippen LogP contribution is -2.32. The molecule has 14 heavy (non-hydrogen) atoms. The highest BCUT2D eigenvalue weighted by atomic mass is 16.5. The molecule has 0 saturated heterocycles. The molecule has 0 unspecified atom stereocenters. The molecule has 84 valence electrons. The molecule has 0 spiro atoms. The third-order valence-corrected chi connectivity index (χ3v) is 3.10. The summed E-state index contributed by atoms with van der Waals surface area (Å²) in [5.41, 5.74) is 0. The topological polar surface area (TPSA) is 38.3 Å². The van der Waals surface area contributed by atoms with E-state index in [2.05, 4.69) is 26.1 Å².